The molecule has 0 spiro atoms. The van der Waals surface area contributed by atoms with E-state index >= 15 is 0 Å². The molecule has 0 atom stereocenters. The summed E-state index contributed by atoms with van der Waals surface area (Å²) in [5.41, 5.74) is 2.11. The van der Waals surface area contributed by atoms with Gasteiger partial charge >= 0.3 is 0 Å². The molecule has 16 heavy (non-hydrogen) atoms. The fourth-order valence-corrected chi connectivity index (χ4v) is 1.92. The maximum absolute atomic E-state index is 12.0. The summed E-state index contributed by atoms with van der Waals surface area (Å²) in [5.74, 6) is 0.726. The topological polar surface area (TPSA) is 17.1 Å². The Morgan fingerprint density at radius 3 is 2.50 bits per heavy atom. The summed E-state index contributed by atoms with van der Waals surface area (Å²) in [4.78, 5) is 12.0. The molecule has 0 unspecified atom stereocenters. The molecule has 1 rings (SSSR count). The van der Waals surface area contributed by atoms with Gasteiger partial charge in [0.25, 0.3) is 0 Å². The minimum Gasteiger partial charge on any atom is -0.294 e. The van der Waals surface area contributed by atoms with Crippen LogP contribution in [0.4, 0.5) is 0 Å². The molecule has 1 heteroatoms. The molecule has 0 aliphatic rings. The molecule has 0 saturated heterocycles. The van der Waals surface area contributed by atoms with E-state index in [-0.39, 0.29) is 0 Å². The molecule has 88 valence electrons. The van der Waals surface area contributed by atoms with Crippen LogP contribution in [0.5, 0.6) is 0 Å². The molecule has 1 aromatic carbocycles. The maximum Gasteiger partial charge on any atom is 0.163 e. The summed E-state index contributed by atoms with van der Waals surface area (Å²) in [6.45, 7) is 6.43. The van der Waals surface area contributed by atoms with E-state index in [0.29, 0.717) is 18.1 Å². The van der Waals surface area contributed by atoms with Crippen LogP contribution in [-0.4, -0.2) is 5.78 Å². The number of rotatable bonds is 6. The molecular formula is C15H22O. The van der Waals surface area contributed by atoms with Crippen LogP contribution in [0, 0.1) is 0 Å². The third-order valence-corrected chi connectivity index (χ3v) is 2.89. The Hall–Kier alpha value is -1.11. The summed E-state index contributed by atoms with van der Waals surface area (Å²) in [6, 6.07) is 8.00. The minimum absolute atomic E-state index is 0.303. The molecule has 0 N–H and O–H groups in total. The molecule has 0 fully saturated rings. The van der Waals surface area contributed by atoms with Gasteiger partial charge in [0, 0.05) is 12.0 Å². The van der Waals surface area contributed by atoms with Gasteiger partial charge in [0.05, 0.1) is 0 Å². The molecular weight excluding hydrogens is 196 g/mol. The molecule has 0 aromatic heterocycles. The number of ketones is 1. The van der Waals surface area contributed by atoms with Gasteiger partial charge in [-0.05, 0) is 17.9 Å². The van der Waals surface area contributed by atoms with Crippen molar-refractivity contribution in [1.29, 1.82) is 0 Å². The number of hydrogen-bond acceptors (Lipinski definition) is 1. The van der Waals surface area contributed by atoms with E-state index in [4.69, 9.17) is 0 Å². The van der Waals surface area contributed by atoms with Crippen LogP contribution in [0.2, 0.25) is 0 Å². The number of hydrogen-bond donors (Lipinski definition) is 0. The van der Waals surface area contributed by atoms with E-state index in [1.165, 1.54) is 12.0 Å². The maximum atomic E-state index is 12.0. The van der Waals surface area contributed by atoms with Gasteiger partial charge in [-0.3, -0.25) is 4.79 Å². The Morgan fingerprint density at radius 2 is 1.88 bits per heavy atom. The van der Waals surface area contributed by atoms with Crippen LogP contribution >= 0.6 is 0 Å². The molecule has 0 radical (unpaired) electrons. The van der Waals surface area contributed by atoms with Crippen LogP contribution in [0.1, 0.15) is 68.3 Å². The zero-order valence-electron chi connectivity index (χ0n) is 10.6. The van der Waals surface area contributed by atoms with Crippen LogP contribution in [0.25, 0.3) is 0 Å². The van der Waals surface area contributed by atoms with Crippen molar-refractivity contribution in [2.75, 3.05) is 0 Å². The Bertz CT molecular complexity index is 339. The summed E-state index contributed by atoms with van der Waals surface area (Å²) in [7, 11) is 0. The van der Waals surface area contributed by atoms with Gasteiger partial charge in [0.2, 0.25) is 0 Å². The highest BCUT2D eigenvalue weighted by Crippen LogP contribution is 2.21. The standard InChI is InChI=1S/C15H22O/c1-4-5-6-11-15(16)14-10-8-7-9-13(14)12(2)3/h7-10,12H,4-6,11H2,1-3H3. The van der Waals surface area contributed by atoms with Crippen LogP contribution in [-0.2, 0) is 0 Å². The summed E-state index contributed by atoms with van der Waals surface area (Å²) in [6.07, 6.45) is 4.02. The van der Waals surface area contributed by atoms with Crippen molar-refractivity contribution in [1.82, 2.24) is 0 Å². The van der Waals surface area contributed by atoms with Gasteiger partial charge in [-0.2, -0.15) is 0 Å². The number of benzene rings is 1. The lowest BCUT2D eigenvalue weighted by Gasteiger charge is -2.11. The lowest BCUT2D eigenvalue weighted by atomic mass is 9.93. The molecule has 0 aliphatic heterocycles. The summed E-state index contributed by atoms with van der Waals surface area (Å²) < 4.78 is 0. The highest BCUT2D eigenvalue weighted by atomic mass is 16.1. The van der Waals surface area contributed by atoms with Gasteiger partial charge < -0.3 is 0 Å². The van der Waals surface area contributed by atoms with E-state index < -0.39 is 0 Å². The summed E-state index contributed by atoms with van der Waals surface area (Å²) >= 11 is 0. The van der Waals surface area contributed by atoms with Crippen molar-refractivity contribution >= 4 is 5.78 Å². The highest BCUT2D eigenvalue weighted by molar-refractivity contribution is 5.97. The van der Waals surface area contributed by atoms with Crippen molar-refractivity contribution in [3.63, 3.8) is 0 Å². The first kappa shape index (κ1) is 13.0. The van der Waals surface area contributed by atoms with E-state index in [1.54, 1.807) is 0 Å². The third-order valence-electron chi connectivity index (χ3n) is 2.89. The van der Waals surface area contributed by atoms with Crippen LogP contribution in [0.15, 0.2) is 24.3 Å². The van der Waals surface area contributed by atoms with Crippen molar-refractivity contribution in [3.05, 3.63) is 35.4 Å². The SMILES string of the molecule is CCCCCC(=O)c1ccccc1C(C)C. The number of carbonyl (C=O) groups is 1. The first-order chi connectivity index (χ1) is 7.66. The number of unbranched alkanes of at least 4 members (excludes halogenated alkanes) is 2. The van der Waals surface area contributed by atoms with E-state index in [1.807, 2.05) is 18.2 Å². The van der Waals surface area contributed by atoms with Gasteiger partial charge in [0.15, 0.2) is 5.78 Å². The zero-order chi connectivity index (χ0) is 12.0. The predicted octanol–water partition coefficient (Wildman–Crippen LogP) is 4.57. The van der Waals surface area contributed by atoms with E-state index in [0.717, 1.165) is 18.4 Å². The van der Waals surface area contributed by atoms with Crippen molar-refractivity contribution in [2.24, 2.45) is 0 Å². The van der Waals surface area contributed by atoms with Crippen LogP contribution < -0.4 is 0 Å². The monoisotopic (exact) mass is 218 g/mol. The second-order valence-electron chi connectivity index (χ2n) is 4.62. The minimum atomic E-state index is 0.303. The van der Waals surface area contributed by atoms with E-state index in [2.05, 4.69) is 26.8 Å². The smallest absolute Gasteiger partial charge is 0.163 e. The largest absolute Gasteiger partial charge is 0.294 e. The predicted molar refractivity (Wildman–Crippen MR) is 69.0 cm³/mol. The molecule has 0 aliphatic carbocycles. The van der Waals surface area contributed by atoms with Crippen LogP contribution in [0.3, 0.4) is 0 Å². The first-order valence-corrected chi connectivity index (χ1v) is 6.29. The average molecular weight is 218 g/mol. The average Bonchev–Trinajstić information content (AvgIpc) is 2.29. The Labute approximate surface area is 98.9 Å². The molecule has 0 amide bonds. The van der Waals surface area contributed by atoms with Gasteiger partial charge in [0.1, 0.15) is 0 Å². The molecule has 0 heterocycles. The van der Waals surface area contributed by atoms with Gasteiger partial charge in [-0.25, -0.2) is 0 Å². The highest BCUT2D eigenvalue weighted by Gasteiger charge is 2.12. The zero-order valence-corrected chi connectivity index (χ0v) is 10.6. The molecule has 1 aromatic rings. The van der Waals surface area contributed by atoms with Crippen molar-refractivity contribution in [2.45, 2.75) is 52.4 Å². The first-order valence-electron chi connectivity index (χ1n) is 6.29. The Morgan fingerprint density at radius 1 is 1.19 bits per heavy atom. The summed E-state index contributed by atoms with van der Waals surface area (Å²) in [5, 5.41) is 0. The molecule has 0 saturated carbocycles. The lowest BCUT2D eigenvalue weighted by Crippen LogP contribution is -2.04. The lowest BCUT2D eigenvalue weighted by molar-refractivity contribution is 0.0978. The quantitative estimate of drug-likeness (QED) is 0.505. The Balaban J connectivity index is 2.74. The second-order valence-corrected chi connectivity index (χ2v) is 4.62. The van der Waals surface area contributed by atoms with Crippen molar-refractivity contribution < 1.29 is 4.79 Å². The number of carbonyl (C=O) groups excluding carboxylic acids is 1. The number of Topliss-reactive ketones (excluding diaryl/α,β-unsaturated/α-hetero) is 1. The normalized spacial score (nSPS) is 10.8. The second kappa shape index (κ2) is 6.47. The molecule has 0 bridgehead atoms. The van der Waals surface area contributed by atoms with E-state index in [9.17, 15) is 4.79 Å². The third kappa shape index (κ3) is 3.48. The van der Waals surface area contributed by atoms with Crippen molar-refractivity contribution in [3.8, 4) is 0 Å². The fourth-order valence-electron chi connectivity index (χ4n) is 1.92. The van der Waals surface area contributed by atoms with Gasteiger partial charge in [-0.1, -0.05) is 57.9 Å². The molecule has 1 nitrogen and oxygen atoms in total. The fraction of sp³-hybridized carbons (Fsp3) is 0.533. The Kier molecular flexibility index (Phi) is 5.24. The van der Waals surface area contributed by atoms with Gasteiger partial charge in [-0.15, -0.1) is 0 Å².